The SMILES string of the molecule is Cc1cc(Nc2ccc(C(=O)NNc3ncc(F)c(N4CCOCC4)n3)nc2)ccc1-c1cncnc1. The number of aromatic nitrogens is 5. The van der Waals surface area contributed by atoms with Gasteiger partial charge >= 0.3 is 0 Å². The highest BCUT2D eigenvalue weighted by Gasteiger charge is 2.18. The van der Waals surface area contributed by atoms with Crippen molar-refractivity contribution in [3.05, 3.63) is 78.5 Å². The molecule has 1 aliphatic heterocycles. The number of anilines is 4. The van der Waals surface area contributed by atoms with E-state index in [4.69, 9.17) is 4.74 Å². The van der Waals surface area contributed by atoms with Crippen LogP contribution in [0.15, 0.2) is 61.4 Å². The van der Waals surface area contributed by atoms with Gasteiger partial charge in [0.2, 0.25) is 5.95 Å². The molecule has 0 unspecified atom stereocenters. The topological polar surface area (TPSA) is 130 Å². The third-order valence-electron chi connectivity index (χ3n) is 5.71. The maximum Gasteiger partial charge on any atom is 0.288 e. The summed E-state index contributed by atoms with van der Waals surface area (Å²) in [6, 6.07) is 9.31. The van der Waals surface area contributed by atoms with Gasteiger partial charge in [0.05, 0.1) is 31.3 Å². The second kappa shape index (κ2) is 10.9. The molecule has 3 aromatic heterocycles. The van der Waals surface area contributed by atoms with Crippen molar-refractivity contribution >= 4 is 29.0 Å². The number of halogens is 1. The fourth-order valence-corrected chi connectivity index (χ4v) is 3.86. The van der Waals surface area contributed by atoms with Crippen molar-refractivity contribution in [2.24, 2.45) is 0 Å². The quantitative estimate of drug-likeness (QED) is 0.325. The predicted molar refractivity (Wildman–Crippen MR) is 136 cm³/mol. The minimum absolute atomic E-state index is 0.0652. The summed E-state index contributed by atoms with van der Waals surface area (Å²) in [4.78, 5) is 34.7. The summed E-state index contributed by atoms with van der Waals surface area (Å²) in [6.07, 6.45) is 7.67. The number of pyridine rings is 1. The number of hydrazine groups is 1. The molecule has 0 radical (unpaired) electrons. The third-order valence-corrected chi connectivity index (χ3v) is 5.71. The summed E-state index contributed by atoms with van der Waals surface area (Å²) in [7, 11) is 0. The van der Waals surface area contributed by atoms with Crippen molar-refractivity contribution in [1.29, 1.82) is 0 Å². The number of amides is 1. The molecule has 37 heavy (non-hydrogen) atoms. The zero-order chi connectivity index (χ0) is 25.6. The van der Waals surface area contributed by atoms with Gasteiger partial charge in [0, 0.05) is 36.7 Å². The van der Waals surface area contributed by atoms with Gasteiger partial charge in [-0.3, -0.25) is 15.6 Å². The van der Waals surface area contributed by atoms with Crippen molar-refractivity contribution in [3.63, 3.8) is 0 Å². The van der Waals surface area contributed by atoms with E-state index in [1.165, 1.54) is 6.33 Å². The van der Waals surface area contributed by atoms with Crippen LogP contribution in [0.1, 0.15) is 16.1 Å². The molecular weight excluding hydrogens is 477 g/mol. The highest BCUT2D eigenvalue weighted by molar-refractivity contribution is 5.93. The Labute approximate surface area is 212 Å². The Bertz CT molecular complexity index is 1380. The normalized spacial score (nSPS) is 13.2. The third kappa shape index (κ3) is 5.76. The van der Waals surface area contributed by atoms with Crippen LogP contribution in [0.5, 0.6) is 0 Å². The van der Waals surface area contributed by atoms with Crippen LogP contribution in [0.2, 0.25) is 0 Å². The number of hydrogen-bond donors (Lipinski definition) is 3. The minimum Gasteiger partial charge on any atom is -0.378 e. The van der Waals surface area contributed by atoms with Crippen LogP contribution >= 0.6 is 0 Å². The molecule has 11 nitrogen and oxygen atoms in total. The number of rotatable bonds is 7. The van der Waals surface area contributed by atoms with E-state index in [2.05, 4.69) is 41.1 Å². The molecule has 4 heterocycles. The highest BCUT2D eigenvalue weighted by atomic mass is 19.1. The highest BCUT2D eigenvalue weighted by Crippen LogP contribution is 2.26. The molecule has 1 saturated heterocycles. The number of carbonyl (C=O) groups is 1. The molecule has 1 aromatic carbocycles. The molecule has 0 aliphatic carbocycles. The Morgan fingerprint density at radius 2 is 1.78 bits per heavy atom. The molecule has 0 bridgehead atoms. The molecule has 12 heteroatoms. The number of hydrogen-bond acceptors (Lipinski definition) is 10. The molecule has 0 atom stereocenters. The zero-order valence-corrected chi connectivity index (χ0v) is 20.0. The largest absolute Gasteiger partial charge is 0.378 e. The Morgan fingerprint density at radius 3 is 2.51 bits per heavy atom. The zero-order valence-electron chi connectivity index (χ0n) is 20.0. The van der Waals surface area contributed by atoms with Crippen LogP contribution in [0.3, 0.4) is 0 Å². The number of morpholine rings is 1. The predicted octanol–water partition coefficient (Wildman–Crippen LogP) is 3.11. The van der Waals surface area contributed by atoms with Gasteiger partial charge in [-0.05, 0) is 42.3 Å². The Hall–Kier alpha value is -4.71. The molecular formula is C25H24FN9O2. The first kappa shape index (κ1) is 24.0. The summed E-state index contributed by atoms with van der Waals surface area (Å²) in [5.74, 6) is -0.806. The summed E-state index contributed by atoms with van der Waals surface area (Å²) in [5, 5.41) is 3.28. The van der Waals surface area contributed by atoms with Gasteiger partial charge in [-0.15, -0.1) is 0 Å². The average molecular weight is 502 g/mol. The summed E-state index contributed by atoms with van der Waals surface area (Å²) < 4.78 is 19.5. The van der Waals surface area contributed by atoms with E-state index >= 15 is 0 Å². The average Bonchev–Trinajstić information content (AvgIpc) is 2.94. The van der Waals surface area contributed by atoms with Crippen molar-refractivity contribution in [3.8, 4) is 11.1 Å². The number of nitrogens with one attached hydrogen (secondary N) is 3. The van der Waals surface area contributed by atoms with Gasteiger partial charge in [-0.2, -0.15) is 4.98 Å². The van der Waals surface area contributed by atoms with Crippen molar-refractivity contribution in [2.75, 3.05) is 41.9 Å². The van der Waals surface area contributed by atoms with Crippen LogP contribution in [-0.2, 0) is 4.74 Å². The van der Waals surface area contributed by atoms with E-state index in [1.807, 2.05) is 25.1 Å². The lowest BCUT2D eigenvalue weighted by molar-refractivity contribution is 0.0957. The van der Waals surface area contributed by atoms with Gasteiger partial charge in [0.15, 0.2) is 11.6 Å². The molecule has 0 spiro atoms. The lowest BCUT2D eigenvalue weighted by Crippen LogP contribution is -2.38. The van der Waals surface area contributed by atoms with E-state index < -0.39 is 11.7 Å². The van der Waals surface area contributed by atoms with Gasteiger partial charge in [-0.1, -0.05) is 6.07 Å². The Morgan fingerprint density at radius 1 is 1.00 bits per heavy atom. The smallest absolute Gasteiger partial charge is 0.288 e. The fourth-order valence-electron chi connectivity index (χ4n) is 3.86. The molecule has 1 amide bonds. The van der Waals surface area contributed by atoms with Crippen LogP contribution in [0.4, 0.5) is 27.5 Å². The second-order valence-electron chi connectivity index (χ2n) is 8.26. The number of nitrogens with zero attached hydrogens (tertiary/aromatic N) is 6. The number of benzene rings is 1. The van der Waals surface area contributed by atoms with Crippen molar-refractivity contribution in [2.45, 2.75) is 6.92 Å². The summed E-state index contributed by atoms with van der Waals surface area (Å²) >= 11 is 0. The lowest BCUT2D eigenvalue weighted by Gasteiger charge is -2.28. The Kier molecular flexibility index (Phi) is 7.08. The van der Waals surface area contributed by atoms with Gasteiger partial charge < -0.3 is 15.0 Å². The molecule has 0 saturated carbocycles. The van der Waals surface area contributed by atoms with E-state index in [0.717, 1.165) is 34.3 Å². The maximum atomic E-state index is 14.2. The van der Waals surface area contributed by atoms with Gasteiger partial charge in [0.25, 0.3) is 5.91 Å². The van der Waals surface area contributed by atoms with E-state index in [-0.39, 0.29) is 17.5 Å². The molecule has 1 fully saturated rings. The van der Waals surface area contributed by atoms with Crippen molar-refractivity contribution < 1.29 is 13.9 Å². The fraction of sp³-hybridized carbons (Fsp3) is 0.200. The van der Waals surface area contributed by atoms with Crippen LogP contribution in [-0.4, -0.2) is 57.1 Å². The number of ether oxygens (including phenoxy) is 1. The van der Waals surface area contributed by atoms with E-state index in [0.29, 0.717) is 26.3 Å². The van der Waals surface area contributed by atoms with Crippen LogP contribution < -0.4 is 21.1 Å². The molecule has 5 rings (SSSR count). The van der Waals surface area contributed by atoms with Gasteiger partial charge in [0.1, 0.15) is 12.0 Å². The van der Waals surface area contributed by atoms with Gasteiger partial charge in [-0.25, -0.2) is 24.3 Å². The first-order valence-corrected chi connectivity index (χ1v) is 11.6. The van der Waals surface area contributed by atoms with E-state index in [9.17, 15) is 9.18 Å². The summed E-state index contributed by atoms with van der Waals surface area (Å²) in [6.45, 7) is 4.05. The van der Waals surface area contributed by atoms with Crippen LogP contribution in [0, 0.1) is 12.7 Å². The van der Waals surface area contributed by atoms with E-state index in [1.54, 1.807) is 35.6 Å². The minimum atomic E-state index is -0.539. The molecule has 1 aliphatic rings. The lowest BCUT2D eigenvalue weighted by atomic mass is 10.0. The molecule has 3 N–H and O–H groups in total. The monoisotopic (exact) mass is 501 g/mol. The Balaban J connectivity index is 1.19. The summed E-state index contributed by atoms with van der Waals surface area (Å²) in [5.41, 5.74) is 9.95. The van der Waals surface area contributed by atoms with Crippen LogP contribution in [0.25, 0.3) is 11.1 Å². The molecule has 4 aromatic rings. The first-order chi connectivity index (χ1) is 18.1. The first-order valence-electron chi connectivity index (χ1n) is 11.6. The number of carbonyl (C=O) groups excluding carboxylic acids is 1. The maximum absolute atomic E-state index is 14.2. The molecule has 188 valence electrons. The second-order valence-corrected chi connectivity index (χ2v) is 8.26. The standard InChI is InChI=1S/C25H24FN9O2/c1-16-10-18(2-4-20(16)17-11-27-15-28-12-17)31-19-3-5-22(29-13-19)24(36)33-34-25-30-14-21(26)23(32-25)35-6-8-37-9-7-35/h2-5,10-15,31H,6-9H2,1H3,(H,33,36)(H,30,32,34). The number of aryl methyl sites for hydroxylation is 1. The van der Waals surface area contributed by atoms with Crippen molar-refractivity contribution in [1.82, 2.24) is 30.3 Å².